The number of hydrogen-bond acceptors (Lipinski definition) is 4. The number of carbonyl (C=O) groups excluding carboxylic acids is 1. The predicted octanol–water partition coefficient (Wildman–Crippen LogP) is 2.28. The molecule has 108 valence electrons. The van der Waals surface area contributed by atoms with Crippen LogP contribution in [0.1, 0.15) is 10.4 Å². The average molecular weight is 303 g/mol. The fourth-order valence-corrected chi connectivity index (χ4v) is 3.07. The zero-order valence-electron chi connectivity index (χ0n) is 11.5. The number of methoxy groups -OCH3 is 1. The molecule has 0 aliphatic carbocycles. The number of hydrogen-bond donors (Lipinski definition) is 0. The van der Waals surface area contributed by atoms with Gasteiger partial charge in [-0.1, -0.05) is 18.2 Å². The van der Waals surface area contributed by atoms with Crippen molar-refractivity contribution < 1.29 is 17.9 Å². The molecule has 1 aromatic carbocycles. The second-order valence-corrected chi connectivity index (χ2v) is 6.79. The van der Waals surface area contributed by atoms with Crippen LogP contribution < -0.4 is 0 Å². The molecule has 6 heteroatoms. The first-order valence-corrected chi connectivity index (χ1v) is 8.14. The molecule has 0 amide bonds. The van der Waals surface area contributed by atoms with Crippen LogP contribution in [0.3, 0.4) is 0 Å². The zero-order valence-corrected chi connectivity index (χ0v) is 12.3. The quantitative estimate of drug-likeness (QED) is 0.681. The van der Waals surface area contributed by atoms with Gasteiger partial charge in [-0.2, -0.15) is 0 Å². The molecular formula is C15H13NO4S. The Bertz CT molecular complexity index is 970. The van der Waals surface area contributed by atoms with Crippen LogP contribution in [-0.4, -0.2) is 32.2 Å². The number of esters is 1. The normalized spacial score (nSPS) is 11.9. The van der Waals surface area contributed by atoms with Gasteiger partial charge in [0.2, 0.25) is 0 Å². The largest absolute Gasteiger partial charge is 0.465 e. The number of para-hydroxylation sites is 1. The fourth-order valence-electron chi connectivity index (χ4n) is 2.45. The third-order valence-corrected chi connectivity index (χ3v) is 4.53. The number of pyridine rings is 1. The van der Waals surface area contributed by atoms with Gasteiger partial charge in [-0.3, -0.25) is 0 Å². The maximum absolute atomic E-state index is 12.0. The van der Waals surface area contributed by atoms with Gasteiger partial charge in [-0.25, -0.2) is 13.2 Å². The first kappa shape index (κ1) is 13.6. The lowest BCUT2D eigenvalue weighted by Crippen LogP contribution is -2.02. The van der Waals surface area contributed by atoms with E-state index in [1.54, 1.807) is 10.5 Å². The van der Waals surface area contributed by atoms with Crippen molar-refractivity contribution in [2.24, 2.45) is 0 Å². The van der Waals surface area contributed by atoms with E-state index in [9.17, 15) is 13.2 Å². The van der Waals surface area contributed by atoms with E-state index >= 15 is 0 Å². The van der Waals surface area contributed by atoms with Crippen LogP contribution in [0.5, 0.6) is 0 Å². The zero-order chi connectivity index (χ0) is 15.2. The number of nitrogens with zero attached hydrogens (tertiary/aromatic N) is 1. The van der Waals surface area contributed by atoms with Crippen LogP contribution in [0.2, 0.25) is 0 Å². The second-order valence-electron chi connectivity index (χ2n) is 4.78. The van der Waals surface area contributed by atoms with Crippen molar-refractivity contribution in [2.75, 3.05) is 13.4 Å². The Morgan fingerprint density at radius 1 is 1.10 bits per heavy atom. The van der Waals surface area contributed by atoms with E-state index in [4.69, 9.17) is 4.74 Å². The predicted molar refractivity (Wildman–Crippen MR) is 79.4 cm³/mol. The molecule has 0 radical (unpaired) electrons. The molecular weight excluding hydrogens is 290 g/mol. The molecule has 5 nitrogen and oxygen atoms in total. The van der Waals surface area contributed by atoms with Gasteiger partial charge in [0, 0.05) is 17.8 Å². The van der Waals surface area contributed by atoms with E-state index < -0.39 is 15.8 Å². The average Bonchev–Trinajstić information content (AvgIpc) is 2.79. The molecule has 0 spiro atoms. The van der Waals surface area contributed by atoms with Gasteiger partial charge in [0.15, 0.2) is 9.84 Å². The summed E-state index contributed by atoms with van der Waals surface area (Å²) in [4.78, 5) is 12.2. The monoisotopic (exact) mass is 303 g/mol. The lowest BCUT2D eigenvalue weighted by atomic mass is 10.1. The van der Waals surface area contributed by atoms with E-state index in [-0.39, 0.29) is 4.90 Å². The molecule has 0 aliphatic rings. The third-order valence-electron chi connectivity index (χ3n) is 3.43. The molecule has 21 heavy (non-hydrogen) atoms. The molecule has 0 N–H and O–H groups in total. The SMILES string of the molecule is COC(=O)c1c2ccccc2n2cc(S(C)(=O)=O)ccc12. The van der Waals surface area contributed by atoms with Crippen LogP contribution in [0.15, 0.2) is 47.5 Å². The summed E-state index contributed by atoms with van der Waals surface area (Å²) in [5.41, 5.74) is 1.82. The molecule has 0 atom stereocenters. The third kappa shape index (κ3) is 2.08. The summed E-state index contributed by atoms with van der Waals surface area (Å²) < 4.78 is 30.0. The summed E-state index contributed by atoms with van der Waals surface area (Å²) in [6.07, 6.45) is 2.68. The summed E-state index contributed by atoms with van der Waals surface area (Å²) in [6, 6.07) is 10.4. The summed E-state index contributed by atoms with van der Waals surface area (Å²) in [5.74, 6) is -0.444. The first-order chi connectivity index (χ1) is 9.93. The minimum Gasteiger partial charge on any atom is -0.465 e. The summed E-state index contributed by atoms with van der Waals surface area (Å²) in [6.45, 7) is 0. The standard InChI is InChI=1S/C15H13NO4S/c1-20-15(17)14-11-5-3-4-6-12(11)16-9-10(21(2,18)19)7-8-13(14)16/h3-9H,1-2H3. The van der Waals surface area contributed by atoms with E-state index in [1.807, 2.05) is 24.3 Å². The molecule has 0 fully saturated rings. The van der Waals surface area contributed by atoms with Gasteiger partial charge >= 0.3 is 5.97 Å². The van der Waals surface area contributed by atoms with Gasteiger partial charge in [0.1, 0.15) is 0 Å². The van der Waals surface area contributed by atoms with Crippen molar-refractivity contribution in [3.63, 3.8) is 0 Å². The highest BCUT2D eigenvalue weighted by Gasteiger charge is 2.19. The van der Waals surface area contributed by atoms with E-state index in [0.717, 1.165) is 17.2 Å². The number of benzene rings is 1. The number of rotatable bonds is 2. The van der Waals surface area contributed by atoms with Gasteiger partial charge in [0.05, 0.1) is 28.6 Å². The smallest absolute Gasteiger partial charge is 0.340 e. The van der Waals surface area contributed by atoms with E-state index in [2.05, 4.69) is 0 Å². The maximum atomic E-state index is 12.0. The maximum Gasteiger partial charge on any atom is 0.340 e. The van der Waals surface area contributed by atoms with Crippen molar-refractivity contribution in [3.8, 4) is 0 Å². The van der Waals surface area contributed by atoms with Gasteiger partial charge < -0.3 is 9.14 Å². The van der Waals surface area contributed by atoms with Crippen molar-refractivity contribution in [1.29, 1.82) is 0 Å². The van der Waals surface area contributed by atoms with Crippen molar-refractivity contribution >= 4 is 32.2 Å². The summed E-state index contributed by atoms with van der Waals surface area (Å²) in [7, 11) is -1.99. The van der Waals surface area contributed by atoms with Crippen molar-refractivity contribution in [1.82, 2.24) is 4.40 Å². The Morgan fingerprint density at radius 2 is 1.81 bits per heavy atom. The van der Waals surface area contributed by atoms with Crippen LogP contribution in [0.25, 0.3) is 16.4 Å². The molecule has 0 bridgehead atoms. The molecule has 2 heterocycles. The highest BCUT2D eigenvalue weighted by Crippen LogP contribution is 2.28. The minimum atomic E-state index is -3.32. The lowest BCUT2D eigenvalue weighted by Gasteiger charge is -2.02. The minimum absolute atomic E-state index is 0.201. The Balaban J connectivity index is 2.49. The van der Waals surface area contributed by atoms with Crippen LogP contribution >= 0.6 is 0 Å². The molecule has 3 aromatic rings. The Morgan fingerprint density at radius 3 is 2.48 bits per heavy atom. The lowest BCUT2D eigenvalue weighted by molar-refractivity contribution is 0.0605. The highest BCUT2D eigenvalue weighted by atomic mass is 32.2. The van der Waals surface area contributed by atoms with Gasteiger partial charge in [0.25, 0.3) is 0 Å². The molecule has 0 aliphatic heterocycles. The van der Waals surface area contributed by atoms with Gasteiger partial charge in [-0.05, 0) is 18.2 Å². The number of carbonyl (C=O) groups is 1. The molecule has 0 saturated heterocycles. The highest BCUT2D eigenvalue weighted by molar-refractivity contribution is 7.90. The number of fused-ring (bicyclic) bond motifs is 3. The van der Waals surface area contributed by atoms with Crippen LogP contribution in [-0.2, 0) is 14.6 Å². The molecule has 0 unspecified atom stereocenters. The number of aromatic nitrogens is 1. The Labute approximate surface area is 121 Å². The van der Waals surface area contributed by atoms with E-state index in [1.165, 1.54) is 19.4 Å². The van der Waals surface area contributed by atoms with Crippen LogP contribution in [0, 0.1) is 0 Å². The summed E-state index contributed by atoms with van der Waals surface area (Å²) in [5, 5.41) is 0.731. The van der Waals surface area contributed by atoms with E-state index in [0.29, 0.717) is 11.1 Å². The van der Waals surface area contributed by atoms with Gasteiger partial charge in [-0.15, -0.1) is 0 Å². The number of sulfone groups is 1. The van der Waals surface area contributed by atoms with Crippen LogP contribution in [0.4, 0.5) is 0 Å². The number of ether oxygens (including phenoxy) is 1. The summed E-state index contributed by atoms with van der Waals surface area (Å²) >= 11 is 0. The molecule has 3 rings (SSSR count). The fraction of sp³-hybridized carbons (Fsp3) is 0.133. The molecule has 2 aromatic heterocycles. The van der Waals surface area contributed by atoms with Crippen molar-refractivity contribution in [2.45, 2.75) is 4.90 Å². The second kappa shape index (κ2) is 4.60. The first-order valence-electron chi connectivity index (χ1n) is 6.24. The van der Waals surface area contributed by atoms with Crippen molar-refractivity contribution in [3.05, 3.63) is 48.2 Å². The topological polar surface area (TPSA) is 64.8 Å². The Kier molecular flexibility index (Phi) is 2.98. The molecule has 0 saturated carbocycles. The Hall–Kier alpha value is -2.34.